The van der Waals surface area contributed by atoms with Gasteiger partial charge < -0.3 is 4.74 Å². The van der Waals surface area contributed by atoms with E-state index in [4.69, 9.17) is 4.74 Å². The van der Waals surface area contributed by atoms with Gasteiger partial charge in [-0.15, -0.1) is 0 Å². The third kappa shape index (κ3) is 4.04. The lowest BCUT2D eigenvalue weighted by Gasteiger charge is -2.20. The summed E-state index contributed by atoms with van der Waals surface area (Å²) in [6.45, 7) is 5.23. The normalized spacial score (nSPS) is 16.9. The maximum absolute atomic E-state index is 12.3. The van der Waals surface area contributed by atoms with Gasteiger partial charge >= 0.3 is 0 Å². The molecule has 0 aliphatic carbocycles. The van der Waals surface area contributed by atoms with Gasteiger partial charge in [-0.1, -0.05) is 24.3 Å². The molecule has 1 aromatic rings. The molecule has 0 amide bonds. The van der Waals surface area contributed by atoms with Crippen LogP contribution < -0.4 is 0 Å². The molecule has 0 spiro atoms. The molecule has 0 saturated carbocycles. The highest BCUT2D eigenvalue weighted by Gasteiger charge is 2.24. The Bertz CT molecular complexity index is 513. The minimum atomic E-state index is -3.21. The molecule has 0 N–H and O–H groups in total. The van der Waals surface area contributed by atoms with Crippen molar-refractivity contribution >= 4 is 10.0 Å². The van der Waals surface area contributed by atoms with E-state index >= 15 is 0 Å². The van der Waals surface area contributed by atoms with Gasteiger partial charge in [0.15, 0.2) is 0 Å². The topological polar surface area (TPSA) is 46.6 Å². The molecule has 0 unspecified atom stereocenters. The smallest absolute Gasteiger partial charge is 0.216 e. The number of ether oxygens (including phenoxy) is 1. The van der Waals surface area contributed by atoms with Crippen LogP contribution in [-0.4, -0.2) is 44.3 Å². The standard InChI is InChI=1S/C15H23NO3S/c1-13(2)19-11-12-20(17,18)16-9-7-14-5-3-4-6-15(14)8-10-16/h3-6,13H,7-12H2,1-2H3. The molecule has 112 valence electrons. The van der Waals surface area contributed by atoms with E-state index in [1.54, 1.807) is 4.31 Å². The van der Waals surface area contributed by atoms with Crippen LogP contribution >= 0.6 is 0 Å². The van der Waals surface area contributed by atoms with Crippen LogP contribution in [0.1, 0.15) is 25.0 Å². The lowest BCUT2D eigenvalue weighted by molar-refractivity contribution is 0.0907. The summed E-state index contributed by atoms with van der Waals surface area (Å²) in [5.74, 6) is 0.0710. The molecule has 5 heteroatoms. The molecule has 1 aliphatic heterocycles. The molecule has 0 saturated heterocycles. The van der Waals surface area contributed by atoms with Crippen LogP contribution in [0.4, 0.5) is 0 Å². The average molecular weight is 297 g/mol. The summed E-state index contributed by atoms with van der Waals surface area (Å²) >= 11 is 0. The molecule has 0 bridgehead atoms. The van der Waals surface area contributed by atoms with Crippen molar-refractivity contribution in [2.45, 2.75) is 32.8 Å². The molecule has 0 aromatic heterocycles. The molecular weight excluding hydrogens is 274 g/mol. The van der Waals surface area contributed by atoms with E-state index in [9.17, 15) is 8.42 Å². The van der Waals surface area contributed by atoms with Crippen molar-refractivity contribution in [3.05, 3.63) is 35.4 Å². The highest BCUT2D eigenvalue weighted by atomic mass is 32.2. The molecular formula is C15H23NO3S. The van der Waals surface area contributed by atoms with E-state index in [1.807, 2.05) is 26.0 Å². The summed E-state index contributed by atoms with van der Waals surface area (Å²) in [4.78, 5) is 0. The minimum Gasteiger partial charge on any atom is -0.378 e. The first kappa shape index (κ1) is 15.5. The van der Waals surface area contributed by atoms with Crippen LogP contribution in [0.3, 0.4) is 0 Å². The Labute approximate surface area is 121 Å². The van der Waals surface area contributed by atoms with Gasteiger partial charge in [0.25, 0.3) is 0 Å². The maximum atomic E-state index is 12.3. The van der Waals surface area contributed by atoms with Gasteiger partial charge in [0, 0.05) is 13.1 Å². The lowest BCUT2D eigenvalue weighted by Crippen LogP contribution is -2.36. The number of hydrogen-bond acceptors (Lipinski definition) is 3. The molecule has 0 atom stereocenters. The van der Waals surface area contributed by atoms with E-state index < -0.39 is 10.0 Å². The van der Waals surface area contributed by atoms with Crippen molar-refractivity contribution in [2.75, 3.05) is 25.4 Å². The summed E-state index contributed by atoms with van der Waals surface area (Å²) in [7, 11) is -3.21. The number of hydrogen-bond donors (Lipinski definition) is 0. The van der Waals surface area contributed by atoms with E-state index in [0.717, 1.165) is 12.8 Å². The van der Waals surface area contributed by atoms with Crippen LogP contribution in [0.15, 0.2) is 24.3 Å². The highest BCUT2D eigenvalue weighted by molar-refractivity contribution is 7.89. The summed E-state index contributed by atoms with van der Waals surface area (Å²) in [5.41, 5.74) is 2.53. The SMILES string of the molecule is CC(C)OCCS(=O)(=O)N1CCc2ccccc2CC1. The van der Waals surface area contributed by atoms with Gasteiger partial charge in [-0.25, -0.2) is 12.7 Å². The molecule has 0 fully saturated rings. The number of benzene rings is 1. The fourth-order valence-electron chi connectivity index (χ4n) is 2.44. The van der Waals surface area contributed by atoms with Gasteiger partial charge in [0.1, 0.15) is 0 Å². The van der Waals surface area contributed by atoms with E-state index in [1.165, 1.54) is 11.1 Å². The maximum Gasteiger partial charge on any atom is 0.216 e. The van der Waals surface area contributed by atoms with Crippen molar-refractivity contribution in [1.29, 1.82) is 0 Å². The van der Waals surface area contributed by atoms with Crippen LogP contribution in [0, 0.1) is 0 Å². The van der Waals surface area contributed by atoms with E-state index in [-0.39, 0.29) is 18.5 Å². The van der Waals surface area contributed by atoms with Crippen molar-refractivity contribution in [3.63, 3.8) is 0 Å². The second-order valence-corrected chi connectivity index (χ2v) is 7.49. The summed E-state index contributed by atoms with van der Waals surface area (Å²) in [5, 5.41) is 0. The third-order valence-electron chi connectivity index (χ3n) is 3.57. The zero-order valence-electron chi connectivity index (χ0n) is 12.2. The summed E-state index contributed by atoms with van der Waals surface area (Å²) < 4.78 is 31.6. The molecule has 20 heavy (non-hydrogen) atoms. The number of sulfonamides is 1. The van der Waals surface area contributed by atoms with E-state index in [2.05, 4.69) is 12.1 Å². The zero-order valence-corrected chi connectivity index (χ0v) is 13.0. The first-order chi connectivity index (χ1) is 9.49. The third-order valence-corrected chi connectivity index (χ3v) is 5.40. The second kappa shape index (κ2) is 6.70. The molecule has 0 radical (unpaired) electrons. The minimum absolute atomic E-state index is 0.0681. The Hall–Kier alpha value is -0.910. The van der Waals surface area contributed by atoms with Crippen molar-refractivity contribution in [3.8, 4) is 0 Å². The van der Waals surface area contributed by atoms with Crippen LogP contribution in [0.2, 0.25) is 0 Å². The fraction of sp³-hybridized carbons (Fsp3) is 0.600. The Morgan fingerprint density at radius 3 is 2.20 bits per heavy atom. The quantitative estimate of drug-likeness (QED) is 0.833. The van der Waals surface area contributed by atoms with Gasteiger partial charge in [-0.05, 0) is 37.8 Å². The van der Waals surface area contributed by atoms with Gasteiger partial charge in [0.05, 0.1) is 18.5 Å². The average Bonchev–Trinajstić information content (AvgIpc) is 2.60. The lowest BCUT2D eigenvalue weighted by atomic mass is 10.0. The second-order valence-electron chi connectivity index (χ2n) is 5.40. The van der Waals surface area contributed by atoms with Crippen molar-refractivity contribution in [2.24, 2.45) is 0 Å². The largest absolute Gasteiger partial charge is 0.378 e. The summed E-state index contributed by atoms with van der Waals surface area (Å²) in [6.07, 6.45) is 1.65. The highest BCUT2D eigenvalue weighted by Crippen LogP contribution is 2.17. The zero-order chi connectivity index (χ0) is 14.6. The van der Waals surface area contributed by atoms with Crippen LogP contribution in [-0.2, 0) is 27.6 Å². The molecule has 2 rings (SSSR count). The van der Waals surface area contributed by atoms with Crippen molar-refractivity contribution in [1.82, 2.24) is 4.31 Å². The first-order valence-electron chi connectivity index (χ1n) is 7.15. The monoisotopic (exact) mass is 297 g/mol. The Kier molecular flexibility index (Phi) is 5.18. The van der Waals surface area contributed by atoms with Gasteiger partial charge in [0.2, 0.25) is 10.0 Å². The van der Waals surface area contributed by atoms with E-state index in [0.29, 0.717) is 13.1 Å². The van der Waals surface area contributed by atoms with Gasteiger partial charge in [-0.2, -0.15) is 0 Å². The summed E-state index contributed by atoms with van der Waals surface area (Å²) in [6, 6.07) is 8.21. The molecule has 1 heterocycles. The van der Waals surface area contributed by atoms with Gasteiger partial charge in [-0.3, -0.25) is 0 Å². The molecule has 4 nitrogen and oxygen atoms in total. The number of rotatable bonds is 5. The van der Waals surface area contributed by atoms with Crippen LogP contribution in [0.5, 0.6) is 0 Å². The Morgan fingerprint density at radius 2 is 1.70 bits per heavy atom. The van der Waals surface area contributed by atoms with Crippen molar-refractivity contribution < 1.29 is 13.2 Å². The first-order valence-corrected chi connectivity index (χ1v) is 8.76. The Balaban J connectivity index is 1.97. The number of nitrogens with zero attached hydrogens (tertiary/aromatic N) is 1. The molecule has 1 aliphatic rings. The van der Waals surface area contributed by atoms with Crippen LogP contribution in [0.25, 0.3) is 0 Å². The Morgan fingerprint density at radius 1 is 1.15 bits per heavy atom. The fourth-order valence-corrected chi connectivity index (χ4v) is 3.75. The predicted molar refractivity (Wildman–Crippen MR) is 80.3 cm³/mol. The number of fused-ring (bicyclic) bond motifs is 1. The molecule has 1 aromatic carbocycles. The predicted octanol–water partition coefficient (Wildman–Crippen LogP) is 1.84.